The molecule has 1 N–H and O–H groups in total. The van der Waals surface area contributed by atoms with Gasteiger partial charge in [-0.3, -0.25) is 4.99 Å². The number of rotatable bonds is 2. The second-order valence-electron chi connectivity index (χ2n) is 4.30. The molecule has 0 aromatic heterocycles. The first-order valence-electron chi connectivity index (χ1n) is 5.21. The number of likely N-dealkylation sites (N-methyl/N-ethyl adjacent to an activating group) is 1. The molecule has 0 aromatic rings. The lowest BCUT2D eigenvalue weighted by atomic mass is 9.83. The fourth-order valence-electron chi connectivity index (χ4n) is 2.60. The van der Waals surface area contributed by atoms with Gasteiger partial charge in [0.1, 0.15) is 0 Å². The Balaban J connectivity index is 1.91. The van der Waals surface area contributed by atoms with E-state index in [1.165, 1.54) is 19.3 Å². The van der Waals surface area contributed by atoms with Crippen molar-refractivity contribution in [1.29, 1.82) is 0 Å². The van der Waals surface area contributed by atoms with E-state index in [1.807, 2.05) is 13.4 Å². The Bertz CT molecular complexity index is 202. The predicted octanol–water partition coefficient (Wildman–Crippen LogP) is 0.717. The van der Waals surface area contributed by atoms with E-state index in [4.69, 9.17) is 0 Å². The van der Waals surface area contributed by atoms with Gasteiger partial charge in [0, 0.05) is 7.05 Å². The van der Waals surface area contributed by atoms with Gasteiger partial charge in [0.25, 0.3) is 0 Å². The third-order valence-corrected chi connectivity index (χ3v) is 3.35. The van der Waals surface area contributed by atoms with Gasteiger partial charge in [-0.2, -0.15) is 0 Å². The van der Waals surface area contributed by atoms with Crippen LogP contribution in [0, 0.1) is 5.92 Å². The fraction of sp³-hybridized carbons (Fsp3) is 0.900. The van der Waals surface area contributed by atoms with Crippen molar-refractivity contribution in [3.05, 3.63) is 0 Å². The molecule has 1 aliphatic carbocycles. The Morgan fingerprint density at radius 2 is 2.38 bits per heavy atom. The number of nitrogens with one attached hydrogen (secondary N) is 1. The normalized spacial score (nSPS) is 38.0. The molecule has 3 nitrogen and oxygen atoms in total. The minimum atomic E-state index is 0.581. The van der Waals surface area contributed by atoms with Gasteiger partial charge in [-0.05, 0) is 38.8 Å². The first-order chi connectivity index (χ1) is 6.31. The molecule has 1 fully saturated rings. The van der Waals surface area contributed by atoms with E-state index in [1.54, 1.807) is 0 Å². The molecule has 13 heavy (non-hydrogen) atoms. The summed E-state index contributed by atoms with van der Waals surface area (Å²) in [5.74, 6) is 0.842. The summed E-state index contributed by atoms with van der Waals surface area (Å²) in [6.45, 7) is 1.16. The third kappa shape index (κ3) is 1.70. The topological polar surface area (TPSA) is 27.6 Å². The largest absolute Gasteiger partial charge is 0.361 e. The third-order valence-electron chi connectivity index (χ3n) is 3.35. The van der Waals surface area contributed by atoms with Gasteiger partial charge in [0.05, 0.1) is 18.4 Å². The van der Waals surface area contributed by atoms with Crippen molar-refractivity contribution in [3.63, 3.8) is 0 Å². The molecular formula is C10H19N3. The van der Waals surface area contributed by atoms with Crippen LogP contribution in [0.1, 0.15) is 19.3 Å². The maximum absolute atomic E-state index is 4.54. The summed E-state index contributed by atoms with van der Waals surface area (Å²) < 4.78 is 0. The molecule has 1 aliphatic heterocycles. The number of fused-ring (bicyclic) bond motifs is 1. The monoisotopic (exact) mass is 181 g/mol. The van der Waals surface area contributed by atoms with Gasteiger partial charge >= 0.3 is 0 Å². The van der Waals surface area contributed by atoms with Crippen molar-refractivity contribution in [1.82, 2.24) is 10.2 Å². The summed E-state index contributed by atoms with van der Waals surface area (Å²) in [6.07, 6.45) is 5.95. The van der Waals surface area contributed by atoms with E-state index in [9.17, 15) is 0 Å². The Kier molecular flexibility index (Phi) is 2.54. The summed E-state index contributed by atoms with van der Waals surface area (Å²) in [7, 11) is 4.18. The van der Waals surface area contributed by atoms with Crippen molar-refractivity contribution in [3.8, 4) is 0 Å². The van der Waals surface area contributed by atoms with Crippen molar-refractivity contribution >= 4 is 6.34 Å². The van der Waals surface area contributed by atoms with E-state index in [0.29, 0.717) is 12.1 Å². The van der Waals surface area contributed by atoms with Crippen molar-refractivity contribution in [2.45, 2.75) is 31.3 Å². The highest BCUT2D eigenvalue weighted by Gasteiger charge is 2.34. The zero-order valence-electron chi connectivity index (χ0n) is 8.53. The lowest BCUT2D eigenvalue weighted by Gasteiger charge is -2.33. The number of nitrogens with zero attached hydrogens (tertiary/aromatic N) is 2. The summed E-state index contributed by atoms with van der Waals surface area (Å²) in [4.78, 5) is 6.82. The van der Waals surface area contributed by atoms with E-state index in [2.05, 4.69) is 22.3 Å². The van der Waals surface area contributed by atoms with E-state index >= 15 is 0 Å². The van der Waals surface area contributed by atoms with Gasteiger partial charge in [-0.1, -0.05) is 0 Å². The summed E-state index contributed by atoms with van der Waals surface area (Å²) in [5.41, 5.74) is 0. The molecule has 3 unspecified atom stereocenters. The van der Waals surface area contributed by atoms with Crippen LogP contribution in [0.4, 0.5) is 0 Å². The van der Waals surface area contributed by atoms with Gasteiger partial charge in [-0.15, -0.1) is 0 Å². The molecule has 2 rings (SSSR count). The summed E-state index contributed by atoms with van der Waals surface area (Å²) in [6, 6.07) is 1.28. The second-order valence-corrected chi connectivity index (χ2v) is 4.30. The minimum Gasteiger partial charge on any atom is -0.361 e. The maximum Gasteiger partial charge on any atom is 0.0854 e. The Hall–Kier alpha value is -0.570. The van der Waals surface area contributed by atoms with Crippen molar-refractivity contribution < 1.29 is 0 Å². The number of aliphatic imine (C=N–C) groups is 1. The van der Waals surface area contributed by atoms with Crippen LogP contribution in [0.3, 0.4) is 0 Å². The molecule has 0 bridgehead atoms. The summed E-state index contributed by atoms with van der Waals surface area (Å²) in [5, 5.41) is 3.26. The Labute approximate surface area is 80.2 Å². The van der Waals surface area contributed by atoms with Crippen LogP contribution in [0.25, 0.3) is 0 Å². The Morgan fingerprint density at radius 1 is 1.54 bits per heavy atom. The standard InChI is InChI=1S/C10H19N3/c1-11-6-8-3-4-10-9(5-8)12-7-13(10)2/h7-11H,3-6H2,1-2H3. The van der Waals surface area contributed by atoms with Crippen LogP contribution < -0.4 is 5.32 Å². The molecular weight excluding hydrogens is 162 g/mol. The molecule has 1 heterocycles. The smallest absolute Gasteiger partial charge is 0.0854 e. The molecule has 3 heteroatoms. The van der Waals surface area contributed by atoms with Crippen LogP contribution >= 0.6 is 0 Å². The zero-order chi connectivity index (χ0) is 9.26. The number of hydrogen-bond donors (Lipinski definition) is 1. The van der Waals surface area contributed by atoms with Crippen LogP contribution in [0.15, 0.2) is 4.99 Å². The minimum absolute atomic E-state index is 0.581. The molecule has 0 aromatic carbocycles. The molecule has 2 aliphatic rings. The first-order valence-corrected chi connectivity index (χ1v) is 5.21. The van der Waals surface area contributed by atoms with Crippen molar-refractivity contribution in [2.75, 3.05) is 20.6 Å². The Morgan fingerprint density at radius 3 is 3.15 bits per heavy atom. The van der Waals surface area contributed by atoms with Crippen LogP contribution in [0.5, 0.6) is 0 Å². The highest BCUT2D eigenvalue weighted by molar-refractivity contribution is 5.58. The van der Waals surface area contributed by atoms with Crippen molar-refractivity contribution in [2.24, 2.45) is 10.9 Å². The SMILES string of the molecule is CNCC1CCC2C(C1)N=CN2C. The quantitative estimate of drug-likeness (QED) is 0.679. The van der Waals surface area contributed by atoms with Crippen LogP contribution in [-0.2, 0) is 0 Å². The van der Waals surface area contributed by atoms with Gasteiger partial charge in [-0.25, -0.2) is 0 Å². The molecule has 3 atom stereocenters. The summed E-state index contributed by atoms with van der Waals surface area (Å²) >= 11 is 0. The molecule has 0 amide bonds. The van der Waals surface area contributed by atoms with Crippen LogP contribution in [0.2, 0.25) is 0 Å². The highest BCUT2D eigenvalue weighted by Crippen LogP contribution is 2.31. The van der Waals surface area contributed by atoms with Crippen LogP contribution in [-0.4, -0.2) is 44.0 Å². The zero-order valence-corrected chi connectivity index (χ0v) is 8.53. The highest BCUT2D eigenvalue weighted by atomic mass is 15.2. The first kappa shape index (κ1) is 9.00. The predicted molar refractivity (Wildman–Crippen MR) is 55.1 cm³/mol. The van der Waals surface area contributed by atoms with E-state index < -0.39 is 0 Å². The molecule has 1 saturated carbocycles. The lowest BCUT2D eigenvalue weighted by Crippen LogP contribution is -2.40. The fourth-order valence-corrected chi connectivity index (χ4v) is 2.60. The molecule has 0 saturated heterocycles. The van der Waals surface area contributed by atoms with Gasteiger partial charge in [0.15, 0.2) is 0 Å². The molecule has 74 valence electrons. The average Bonchev–Trinajstić information content (AvgIpc) is 2.48. The average molecular weight is 181 g/mol. The second kappa shape index (κ2) is 3.66. The number of hydrogen-bond acceptors (Lipinski definition) is 3. The van der Waals surface area contributed by atoms with Gasteiger partial charge in [0.2, 0.25) is 0 Å². The lowest BCUT2D eigenvalue weighted by molar-refractivity contribution is 0.224. The van der Waals surface area contributed by atoms with E-state index in [0.717, 1.165) is 12.5 Å². The van der Waals surface area contributed by atoms with E-state index in [-0.39, 0.29) is 0 Å². The van der Waals surface area contributed by atoms with Gasteiger partial charge < -0.3 is 10.2 Å². The molecule has 0 spiro atoms. The molecule has 0 radical (unpaired) electrons. The maximum atomic E-state index is 4.54.